The van der Waals surface area contributed by atoms with E-state index in [0.29, 0.717) is 19.4 Å². The Balaban J connectivity index is 2.20. The average molecular weight is 273 g/mol. The van der Waals surface area contributed by atoms with E-state index < -0.39 is 0 Å². The van der Waals surface area contributed by atoms with Gasteiger partial charge in [0.15, 0.2) is 0 Å². The third-order valence-corrected chi connectivity index (χ3v) is 2.27. The zero-order valence-corrected chi connectivity index (χ0v) is 10.1. The van der Waals surface area contributed by atoms with Crippen LogP contribution in [0.5, 0.6) is 5.75 Å². The SMILES string of the molecule is CNC(=O)CCCOc1ccc(Br)nc1. The summed E-state index contributed by atoms with van der Waals surface area (Å²) in [7, 11) is 1.63. The highest BCUT2D eigenvalue weighted by molar-refractivity contribution is 9.10. The maximum atomic E-state index is 10.9. The summed E-state index contributed by atoms with van der Waals surface area (Å²) in [6.07, 6.45) is 2.83. The molecule has 0 fully saturated rings. The Hall–Kier alpha value is -1.10. The summed E-state index contributed by atoms with van der Waals surface area (Å²) in [5.74, 6) is 0.752. The monoisotopic (exact) mass is 272 g/mol. The van der Waals surface area contributed by atoms with Crippen LogP contribution in [-0.2, 0) is 4.79 Å². The summed E-state index contributed by atoms with van der Waals surface area (Å²) in [5.41, 5.74) is 0. The first kappa shape index (κ1) is 12.0. The van der Waals surface area contributed by atoms with Crippen LogP contribution in [0.25, 0.3) is 0 Å². The van der Waals surface area contributed by atoms with Crippen molar-refractivity contribution in [1.29, 1.82) is 0 Å². The fourth-order valence-corrected chi connectivity index (χ4v) is 1.23. The number of amides is 1. The van der Waals surface area contributed by atoms with E-state index in [4.69, 9.17) is 4.74 Å². The molecule has 82 valence electrons. The number of pyridine rings is 1. The quantitative estimate of drug-likeness (QED) is 0.656. The predicted molar refractivity (Wildman–Crippen MR) is 60.7 cm³/mol. The van der Waals surface area contributed by atoms with Crippen LogP contribution in [0.3, 0.4) is 0 Å². The van der Waals surface area contributed by atoms with Crippen molar-refractivity contribution in [3.63, 3.8) is 0 Å². The molecule has 0 atom stereocenters. The van der Waals surface area contributed by atoms with Crippen molar-refractivity contribution in [2.45, 2.75) is 12.8 Å². The molecule has 0 saturated heterocycles. The lowest BCUT2D eigenvalue weighted by Gasteiger charge is -2.04. The summed E-state index contributed by atoms with van der Waals surface area (Å²) in [4.78, 5) is 14.9. The Kier molecular flexibility index (Phi) is 5.10. The molecule has 4 nitrogen and oxygen atoms in total. The molecule has 1 rings (SSSR count). The predicted octanol–water partition coefficient (Wildman–Crippen LogP) is 1.75. The maximum absolute atomic E-state index is 10.9. The Morgan fingerprint density at radius 3 is 3.00 bits per heavy atom. The molecule has 0 radical (unpaired) electrons. The first-order chi connectivity index (χ1) is 7.22. The van der Waals surface area contributed by atoms with E-state index in [9.17, 15) is 4.79 Å². The van der Waals surface area contributed by atoms with Gasteiger partial charge in [0.05, 0.1) is 12.8 Å². The van der Waals surface area contributed by atoms with E-state index in [0.717, 1.165) is 10.4 Å². The number of carbonyl (C=O) groups excluding carboxylic acids is 1. The summed E-state index contributed by atoms with van der Waals surface area (Å²) in [6, 6.07) is 3.64. The third-order valence-electron chi connectivity index (χ3n) is 1.80. The number of carbonyl (C=O) groups is 1. The van der Waals surface area contributed by atoms with Crippen molar-refractivity contribution >= 4 is 21.8 Å². The fourth-order valence-electron chi connectivity index (χ4n) is 0.995. The number of nitrogens with zero attached hydrogens (tertiary/aromatic N) is 1. The van der Waals surface area contributed by atoms with Gasteiger partial charge in [0.2, 0.25) is 5.91 Å². The molecule has 1 amide bonds. The standard InChI is InChI=1S/C10H13BrN2O2/c1-12-10(14)3-2-6-15-8-4-5-9(11)13-7-8/h4-5,7H,2-3,6H2,1H3,(H,12,14). The molecular weight excluding hydrogens is 260 g/mol. The van der Waals surface area contributed by atoms with Crippen LogP contribution in [0.1, 0.15) is 12.8 Å². The average Bonchev–Trinajstić information content (AvgIpc) is 2.26. The minimum absolute atomic E-state index is 0.0348. The van der Waals surface area contributed by atoms with Crippen LogP contribution in [0.4, 0.5) is 0 Å². The molecule has 0 aliphatic rings. The van der Waals surface area contributed by atoms with E-state index in [-0.39, 0.29) is 5.91 Å². The van der Waals surface area contributed by atoms with Gasteiger partial charge in [-0.2, -0.15) is 0 Å². The molecule has 1 aromatic heterocycles. The van der Waals surface area contributed by atoms with Gasteiger partial charge in [0.1, 0.15) is 10.4 Å². The molecule has 15 heavy (non-hydrogen) atoms. The van der Waals surface area contributed by atoms with Gasteiger partial charge in [0.25, 0.3) is 0 Å². The molecule has 0 aliphatic heterocycles. The second kappa shape index (κ2) is 6.40. The number of rotatable bonds is 5. The third kappa shape index (κ3) is 4.78. The largest absolute Gasteiger partial charge is 0.492 e. The Bertz CT molecular complexity index is 314. The molecule has 0 saturated carbocycles. The summed E-state index contributed by atoms with van der Waals surface area (Å²) in [6.45, 7) is 0.525. The number of halogens is 1. The Morgan fingerprint density at radius 1 is 1.60 bits per heavy atom. The summed E-state index contributed by atoms with van der Waals surface area (Å²) in [5, 5.41) is 2.56. The number of ether oxygens (including phenoxy) is 1. The molecule has 1 aromatic rings. The molecule has 0 spiro atoms. The van der Waals surface area contributed by atoms with Gasteiger partial charge in [-0.15, -0.1) is 0 Å². The molecule has 0 aliphatic carbocycles. The maximum Gasteiger partial charge on any atom is 0.219 e. The minimum Gasteiger partial charge on any atom is -0.492 e. The lowest BCUT2D eigenvalue weighted by Crippen LogP contribution is -2.18. The summed E-state index contributed by atoms with van der Waals surface area (Å²) >= 11 is 3.24. The number of nitrogens with one attached hydrogen (secondary N) is 1. The van der Waals surface area contributed by atoms with Crippen LogP contribution in [0.15, 0.2) is 22.9 Å². The lowest BCUT2D eigenvalue weighted by molar-refractivity contribution is -0.120. The van der Waals surface area contributed by atoms with Gasteiger partial charge in [-0.25, -0.2) is 4.98 Å². The highest BCUT2D eigenvalue weighted by atomic mass is 79.9. The highest BCUT2D eigenvalue weighted by Crippen LogP contribution is 2.12. The molecule has 0 bridgehead atoms. The first-order valence-electron chi connectivity index (χ1n) is 4.67. The van der Waals surface area contributed by atoms with Gasteiger partial charge < -0.3 is 10.1 Å². The second-order valence-electron chi connectivity index (χ2n) is 2.94. The second-order valence-corrected chi connectivity index (χ2v) is 3.75. The number of hydrogen-bond donors (Lipinski definition) is 1. The normalized spacial score (nSPS) is 9.73. The zero-order chi connectivity index (χ0) is 11.1. The van der Waals surface area contributed by atoms with Crippen LogP contribution in [0.2, 0.25) is 0 Å². The Morgan fingerprint density at radius 2 is 2.40 bits per heavy atom. The van der Waals surface area contributed by atoms with Crippen molar-refractivity contribution < 1.29 is 9.53 Å². The van der Waals surface area contributed by atoms with Gasteiger partial charge >= 0.3 is 0 Å². The van der Waals surface area contributed by atoms with Crippen molar-refractivity contribution in [2.75, 3.05) is 13.7 Å². The van der Waals surface area contributed by atoms with Gasteiger partial charge in [0, 0.05) is 13.5 Å². The van der Waals surface area contributed by atoms with Gasteiger partial charge in [-0.05, 0) is 34.5 Å². The van der Waals surface area contributed by atoms with Crippen LogP contribution in [-0.4, -0.2) is 24.5 Å². The summed E-state index contributed by atoms with van der Waals surface area (Å²) < 4.78 is 6.17. The molecular formula is C10H13BrN2O2. The fraction of sp³-hybridized carbons (Fsp3) is 0.400. The molecule has 1 N–H and O–H groups in total. The van der Waals surface area contributed by atoms with Gasteiger partial charge in [-0.1, -0.05) is 0 Å². The first-order valence-corrected chi connectivity index (χ1v) is 5.46. The van der Waals surface area contributed by atoms with Crippen molar-refractivity contribution in [3.8, 4) is 5.75 Å². The minimum atomic E-state index is 0.0348. The van der Waals surface area contributed by atoms with Crippen molar-refractivity contribution in [2.24, 2.45) is 0 Å². The van der Waals surface area contributed by atoms with E-state index in [1.807, 2.05) is 12.1 Å². The zero-order valence-electron chi connectivity index (χ0n) is 8.50. The van der Waals surface area contributed by atoms with Gasteiger partial charge in [-0.3, -0.25) is 4.79 Å². The van der Waals surface area contributed by atoms with E-state index >= 15 is 0 Å². The van der Waals surface area contributed by atoms with E-state index in [1.54, 1.807) is 13.2 Å². The molecule has 0 unspecified atom stereocenters. The van der Waals surface area contributed by atoms with Crippen LogP contribution >= 0.6 is 15.9 Å². The topological polar surface area (TPSA) is 51.2 Å². The Labute approximate surface area is 97.2 Å². The smallest absolute Gasteiger partial charge is 0.219 e. The van der Waals surface area contributed by atoms with Crippen molar-refractivity contribution in [3.05, 3.63) is 22.9 Å². The van der Waals surface area contributed by atoms with Crippen LogP contribution in [0, 0.1) is 0 Å². The molecule has 5 heteroatoms. The molecule has 1 heterocycles. The lowest BCUT2D eigenvalue weighted by atomic mass is 10.3. The van der Waals surface area contributed by atoms with E-state index in [2.05, 4.69) is 26.2 Å². The van der Waals surface area contributed by atoms with Crippen molar-refractivity contribution in [1.82, 2.24) is 10.3 Å². The molecule has 0 aromatic carbocycles. The van der Waals surface area contributed by atoms with Crippen LogP contribution < -0.4 is 10.1 Å². The highest BCUT2D eigenvalue weighted by Gasteiger charge is 1.98. The number of aromatic nitrogens is 1. The number of hydrogen-bond acceptors (Lipinski definition) is 3. The van der Waals surface area contributed by atoms with E-state index in [1.165, 1.54) is 0 Å².